The Hall–Kier alpha value is -2.26. The van der Waals surface area contributed by atoms with Gasteiger partial charge in [0.2, 0.25) is 0 Å². The second kappa shape index (κ2) is 9.61. The predicted molar refractivity (Wildman–Crippen MR) is 117 cm³/mol. The summed E-state index contributed by atoms with van der Waals surface area (Å²) in [5.74, 6) is -0.313. The van der Waals surface area contributed by atoms with Gasteiger partial charge in [0.1, 0.15) is 6.61 Å². The number of rotatable bonds is 7. The molecular weight excluding hydrogens is 352 g/mol. The Kier molecular flexibility index (Phi) is 7.49. The number of thioether (sulfide) groups is 1. The molecule has 2 aromatic rings. The Morgan fingerprint density at radius 1 is 1.04 bits per heavy atom. The molecule has 0 saturated heterocycles. The Balaban J connectivity index is 2.51. The number of ether oxygens (including phenoxy) is 1. The number of allylic oxidation sites excluding steroid dienone is 1. The zero-order valence-electron chi connectivity index (χ0n) is 16.6. The molecule has 3 heteroatoms. The molecule has 0 aliphatic rings. The summed E-state index contributed by atoms with van der Waals surface area (Å²) in [5, 5.41) is 0. The van der Waals surface area contributed by atoms with Crippen molar-refractivity contribution in [1.29, 1.82) is 0 Å². The maximum absolute atomic E-state index is 12.9. The lowest BCUT2D eigenvalue weighted by molar-refractivity contribution is -0.135. The summed E-state index contributed by atoms with van der Waals surface area (Å²) >= 11 is 1.81. The second-order valence-electron chi connectivity index (χ2n) is 7.20. The van der Waals surface area contributed by atoms with E-state index in [-0.39, 0.29) is 17.3 Å². The fraction of sp³-hybridized carbons (Fsp3) is 0.292. The van der Waals surface area contributed by atoms with Crippen LogP contribution in [0.25, 0.3) is 11.1 Å². The Morgan fingerprint density at radius 3 is 2.19 bits per heavy atom. The Labute approximate surface area is 167 Å². The lowest BCUT2D eigenvalue weighted by Crippen LogP contribution is -2.10. The van der Waals surface area contributed by atoms with Crippen LogP contribution in [-0.2, 0) is 9.53 Å². The summed E-state index contributed by atoms with van der Waals surface area (Å²) in [5.41, 5.74) is 3.53. The average Bonchev–Trinajstić information content (AvgIpc) is 2.64. The van der Waals surface area contributed by atoms with Crippen molar-refractivity contribution in [3.63, 3.8) is 0 Å². The highest BCUT2D eigenvalue weighted by atomic mass is 32.2. The van der Waals surface area contributed by atoms with Gasteiger partial charge in [-0.25, -0.2) is 4.79 Å². The monoisotopic (exact) mass is 380 g/mol. The molecular formula is C24H28O2S. The predicted octanol–water partition coefficient (Wildman–Crippen LogP) is 6.63. The smallest absolute Gasteiger partial charge is 0.339 e. The van der Waals surface area contributed by atoms with E-state index in [2.05, 4.69) is 46.4 Å². The Bertz CT molecular complexity index is 797. The first-order chi connectivity index (χ1) is 12.9. The topological polar surface area (TPSA) is 26.3 Å². The number of hydrogen-bond acceptors (Lipinski definition) is 3. The molecule has 0 heterocycles. The van der Waals surface area contributed by atoms with E-state index < -0.39 is 0 Å². The van der Waals surface area contributed by atoms with Gasteiger partial charge in [-0.05, 0) is 35.3 Å². The minimum atomic E-state index is -0.313. The summed E-state index contributed by atoms with van der Waals surface area (Å²) in [7, 11) is 0. The quantitative estimate of drug-likeness (QED) is 0.177. The zero-order chi connectivity index (χ0) is 19.9. The van der Waals surface area contributed by atoms with Crippen LogP contribution < -0.4 is 0 Å². The van der Waals surface area contributed by atoms with Crippen LogP contribution in [0.1, 0.15) is 45.2 Å². The molecule has 0 atom stereocenters. The third kappa shape index (κ3) is 6.14. The van der Waals surface area contributed by atoms with Gasteiger partial charge in [-0.15, -0.1) is 11.8 Å². The highest BCUT2D eigenvalue weighted by Gasteiger charge is 2.20. The van der Waals surface area contributed by atoms with Crippen LogP contribution in [0, 0.1) is 0 Å². The van der Waals surface area contributed by atoms with E-state index in [4.69, 9.17) is 4.74 Å². The number of esters is 1. The molecule has 0 amide bonds. The largest absolute Gasteiger partial charge is 0.458 e. The highest BCUT2D eigenvalue weighted by molar-refractivity contribution is 8.00. The molecule has 0 radical (unpaired) electrons. The van der Waals surface area contributed by atoms with Crippen LogP contribution >= 0.6 is 11.8 Å². The van der Waals surface area contributed by atoms with Gasteiger partial charge in [0.25, 0.3) is 0 Å². The number of carbonyl (C=O) groups excluding carboxylic acids is 1. The van der Waals surface area contributed by atoms with E-state index in [0.717, 1.165) is 23.1 Å². The molecule has 0 N–H and O–H groups in total. The van der Waals surface area contributed by atoms with Gasteiger partial charge in [-0.1, -0.05) is 82.8 Å². The second-order valence-corrected chi connectivity index (χ2v) is 9.10. The van der Waals surface area contributed by atoms with Gasteiger partial charge in [0, 0.05) is 9.64 Å². The van der Waals surface area contributed by atoms with Crippen LogP contribution in [-0.4, -0.2) is 17.3 Å². The Morgan fingerprint density at radius 2 is 1.67 bits per heavy atom. The highest BCUT2D eigenvalue weighted by Crippen LogP contribution is 2.34. The molecule has 0 aromatic heterocycles. The molecule has 0 spiro atoms. The SMILES string of the molecule is C=CCOC(=O)/C(=C(\CC)c1ccccc1)c1ccc(SC(C)(C)C)cc1. The maximum Gasteiger partial charge on any atom is 0.339 e. The van der Waals surface area contributed by atoms with Crippen molar-refractivity contribution in [2.45, 2.75) is 43.8 Å². The zero-order valence-corrected chi connectivity index (χ0v) is 17.4. The maximum atomic E-state index is 12.9. The number of carbonyl (C=O) groups is 1. The number of benzene rings is 2. The minimum absolute atomic E-state index is 0.141. The fourth-order valence-corrected chi connectivity index (χ4v) is 3.81. The third-order valence-electron chi connectivity index (χ3n) is 3.88. The first-order valence-electron chi connectivity index (χ1n) is 9.21. The summed E-state index contributed by atoms with van der Waals surface area (Å²) in [6.07, 6.45) is 2.33. The first kappa shape index (κ1) is 21.0. The molecule has 2 aromatic carbocycles. The third-order valence-corrected chi connectivity index (χ3v) is 5.00. The van der Waals surface area contributed by atoms with Crippen molar-refractivity contribution in [2.75, 3.05) is 6.61 Å². The van der Waals surface area contributed by atoms with E-state index in [1.54, 1.807) is 6.08 Å². The van der Waals surface area contributed by atoms with Crippen molar-refractivity contribution < 1.29 is 9.53 Å². The van der Waals surface area contributed by atoms with Crippen LogP contribution in [0.5, 0.6) is 0 Å². The van der Waals surface area contributed by atoms with Gasteiger partial charge in [-0.3, -0.25) is 0 Å². The number of hydrogen-bond donors (Lipinski definition) is 0. The van der Waals surface area contributed by atoms with Gasteiger partial charge in [0.05, 0.1) is 5.57 Å². The standard InChI is InChI=1S/C24H28O2S/c1-6-17-26-23(25)22(21(7-2)18-11-9-8-10-12-18)19-13-15-20(16-14-19)27-24(3,4)5/h6,8-16H,1,7,17H2,2-5H3/b22-21+. The molecule has 2 nitrogen and oxygen atoms in total. The minimum Gasteiger partial charge on any atom is -0.458 e. The van der Waals surface area contributed by atoms with E-state index in [1.165, 1.54) is 4.90 Å². The normalized spacial score (nSPS) is 12.3. The molecule has 27 heavy (non-hydrogen) atoms. The molecule has 0 bridgehead atoms. The molecule has 0 fully saturated rings. The molecule has 0 unspecified atom stereocenters. The van der Waals surface area contributed by atoms with Gasteiger partial charge in [-0.2, -0.15) is 0 Å². The van der Waals surface area contributed by atoms with Crippen molar-refractivity contribution in [1.82, 2.24) is 0 Å². The summed E-state index contributed by atoms with van der Waals surface area (Å²) in [6.45, 7) is 12.5. The van der Waals surface area contributed by atoms with Crippen LogP contribution in [0.2, 0.25) is 0 Å². The van der Waals surface area contributed by atoms with Crippen LogP contribution in [0.3, 0.4) is 0 Å². The molecule has 0 aliphatic carbocycles. The van der Waals surface area contributed by atoms with Crippen molar-refractivity contribution in [2.24, 2.45) is 0 Å². The van der Waals surface area contributed by atoms with E-state index in [9.17, 15) is 4.79 Å². The molecule has 2 rings (SSSR count). The van der Waals surface area contributed by atoms with Gasteiger partial charge in [0.15, 0.2) is 0 Å². The average molecular weight is 381 g/mol. The van der Waals surface area contributed by atoms with Crippen molar-refractivity contribution in [3.05, 3.63) is 78.4 Å². The van der Waals surface area contributed by atoms with Crippen molar-refractivity contribution in [3.8, 4) is 0 Å². The first-order valence-corrected chi connectivity index (χ1v) is 10.0. The molecule has 0 saturated carbocycles. The summed E-state index contributed by atoms with van der Waals surface area (Å²) in [6, 6.07) is 18.2. The lowest BCUT2D eigenvalue weighted by atomic mass is 9.93. The van der Waals surface area contributed by atoms with E-state index >= 15 is 0 Å². The van der Waals surface area contributed by atoms with Crippen LogP contribution in [0.15, 0.2) is 72.1 Å². The fourth-order valence-electron chi connectivity index (χ4n) is 2.83. The summed E-state index contributed by atoms with van der Waals surface area (Å²) < 4.78 is 5.54. The van der Waals surface area contributed by atoms with Crippen LogP contribution in [0.4, 0.5) is 0 Å². The molecule has 142 valence electrons. The molecule has 0 aliphatic heterocycles. The van der Waals surface area contributed by atoms with Gasteiger partial charge >= 0.3 is 5.97 Å². The van der Waals surface area contributed by atoms with Crippen molar-refractivity contribution >= 4 is 28.9 Å². The van der Waals surface area contributed by atoms with E-state index in [0.29, 0.717) is 5.57 Å². The van der Waals surface area contributed by atoms with E-state index in [1.807, 2.05) is 54.2 Å². The van der Waals surface area contributed by atoms with Gasteiger partial charge < -0.3 is 4.74 Å². The lowest BCUT2D eigenvalue weighted by Gasteiger charge is -2.18. The summed E-state index contributed by atoms with van der Waals surface area (Å²) in [4.78, 5) is 14.0.